The molecule has 1 aromatic rings. The van der Waals surface area contributed by atoms with Crippen LogP contribution in [0.3, 0.4) is 0 Å². The van der Waals surface area contributed by atoms with Gasteiger partial charge in [-0.05, 0) is 25.3 Å². The van der Waals surface area contributed by atoms with Crippen LogP contribution in [0.2, 0.25) is 0 Å². The molecule has 0 radical (unpaired) electrons. The molecule has 2 aliphatic heterocycles. The fraction of sp³-hybridized carbons (Fsp3) is 0.625. The maximum Gasteiger partial charge on any atom is 0.261 e. The molecule has 0 aliphatic carbocycles. The Morgan fingerprint density at radius 2 is 2.08 bits per heavy atom. The molecule has 2 saturated heterocycles. The lowest BCUT2D eigenvalue weighted by Gasteiger charge is -2.46. The number of nitrogens with zero attached hydrogens (tertiary/aromatic N) is 2. The summed E-state index contributed by atoms with van der Waals surface area (Å²) < 4.78 is 27.5. The SMILES string of the molecule is CNC(=O)c1cc(S(=O)(=O)N2CCCC3(CCC(=O)N(C)C3)C2)cs1. The normalized spacial score (nSPS) is 25.4. The maximum absolute atomic E-state index is 13.0. The Kier molecular flexibility index (Phi) is 4.91. The topological polar surface area (TPSA) is 86.8 Å². The minimum Gasteiger partial charge on any atom is -0.354 e. The Labute approximate surface area is 152 Å². The quantitative estimate of drug-likeness (QED) is 0.845. The number of thiophene rings is 1. The molecule has 25 heavy (non-hydrogen) atoms. The molecule has 0 saturated carbocycles. The molecule has 9 heteroatoms. The summed E-state index contributed by atoms with van der Waals surface area (Å²) in [6.45, 7) is 1.51. The van der Waals surface area contributed by atoms with Gasteiger partial charge in [0.2, 0.25) is 15.9 Å². The number of nitrogens with one attached hydrogen (secondary N) is 1. The van der Waals surface area contributed by atoms with E-state index in [1.165, 1.54) is 22.8 Å². The van der Waals surface area contributed by atoms with E-state index in [0.29, 0.717) is 30.9 Å². The lowest BCUT2D eigenvalue weighted by atomic mass is 9.74. The fourth-order valence-corrected chi connectivity index (χ4v) is 6.58. The zero-order chi connectivity index (χ0) is 18.2. The molecule has 2 aliphatic rings. The van der Waals surface area contributed by atoms with Crippen molar-refractivity contribution >= 4 is 33.2 Å². The third kappa shape index (κ3) is 3.45. The molecule has 1 spiro atoms. The van der Waals surface area contributed by atoms with Crippen LogP contribution in [-0.2, 0) is 14.8 Å². The van der Waals surface area contributed by atoms with Crippen LogP contribution >= 0.6 is 11.3 Å². The highest BCUT2D eigenvalue weighted by atomic mass is 32.2. The second-order valence-corrected chi connectivity index (χ2v) is 9.77. The van der Waals surface area contributed by atoms with Crippen molar-refractivity contribution in [2.45, 2.75) is 30.6 Å². The Bertz CT molecular complexity index is 789. The van der Waals surface area contributed by atoms with Crippen LogP contribution in [0, 0.1) is 5.41 Å². The van der Waals surface area contributed by atoms with E-state index in [9.17, 15) is 18.0 Å². The second-order valence-electron chi connectivity index (χ2n) is 6.92. The number of amides is 2. The van der Waals surface area contributed by atoms with Crippen molar-refractivity contribution in [2.75, 3.05) is 33.7 Å². The number of sulfonamides is 1. The van der Waals surface area contributed by atoms with Crippen molar-refractivity contribution in [3.8, 4) is 0 Å². The minimum absolute atomic E-state index is 0.124. The zero-order valence-electron chi connectivity index (χ0n) is 14.4. The van der Waals surface area contributed by atoms with E-state index >= 15 is 0 Å². The lowest BCUT2D eigenvalue weighted by Crippen LogP contribution is -2.54. The monoisotopic (exact) mass is 385 g/mol. The largest absolute Gasteiger partial charge is 0.354 e. The first-order chi connectivity index (χ1) is 11.8. The molecule has 2 fully saturated rings. The predicted octanol–water partition coefficient (Wildman–Crippen LogP) is 1.13. The first kappa shape index (κ1) is 18.3. The molecule has 3 rings (SSSR count). The Hall–Kier alpha value is -1.45. The van der Waals surface area contributed by atoms with E-state index in [4.69, 9.17) is 0 Å². The van der Waals surface area contributed by atoms with Crippen LogP contribution in [0.4, 0.5) is 0 Å². The van der Waals surface area contributed by atoms with E-state index < -0.39 is 10.0 Å². The number of piperidine rings is 2. The molecule has 0 bridgehead atoms. The summed E-state index contributed by atoms with van der Waals surface area (Å²) in [5.41, 5.74) is -0.159. The standard InChI is InChI=1S/C16H23N3O4S2/c1-17-15(21)13-8-12(9-24-13)25(22,23)19-7-3-5-16(11-19)6-4-14(20)18(2)10-16/h8-9H,3-7,10-11H2,1-2H3,(H,17,21). The molecule has 1 unspecified atom stereocenters. The van der Waals surface area contributed by atoms with Gasteiger partial charge in [0.05, 0.1) is 9.77 Å². The molecule has 2 amide bonds. The van der Waals surface area contributed by atoms with Gasteiger partial charge in [-0.3, -0.25) is 9.59 Å². The first-order valence-electron chi connectivity index (χ1n) is 8.32. The van der Waals surface area contributed by atoms with Gasteiger partial charge in [-0.1, -0.05) is 0 Å². The molecule has 3 heterocycles. The predicted molar refractivity (Wildman–Crippen MR) is 95.0 cm³/mol. The highest BCUT2D eigenvalue weighted by molar-refractivity contribution is 7.89. The molecular formula is C16H23N3O4S2. The highest BCUT2D eigenvalue weighted by Crippen LogP contribution is 2.40. The van der Waals surface area contributed by atoms with E-state index in [2.05, 4.69) is 5.32 Å². The van der Waals surface area contributed by atoms with Crippen LogP contribution < -0.4 is 5.32 Å². The van der Waals surface area contributed by atoms with Gasteiger partial charge in [0, 0.05) is 50.9 Å². The third-order valence-corrected chi connectivity index (χ3v) is 8.06. The Morgan fingerprint density at radius 1 is 1.32 bits per heavy atom. The number of carbonyl (C=O) groups is 2. The molecule has 138 valence electrons. The maximum atomic E-state index is 13.0. The minimum atomic E-state index is -3.63. The van der Waals surface area contributed by atoms with E-state index in [0.717, 1.165) is 30.6 Å². The van der Waals surface area contributed by atoms with Gasteiger partial charge in [-0.15, -0.1) is 11.3 Å². The highest BCUT2D eigenvalue weighted by Gasteiger charge is 2.43. The van der Waals surface area contributed by atoms with Gasteiger partial charge in [-0.25, -0.2) is 8.42 Å². The average molecular weight is 386 g/mol. The summed E-state index contributed by atoms with van der Waals surface area (Å²) in [6.07, 6.45) is 2.93. The van der Waals surface area contributed by atoms with E-state index in [-0.39, 0.29) is 22.1 Å². The molecule has 1 atom stereocenters. The van der Waals surface area contributed by atoms with Crippen molar-refractivity contribution in [1.82, 2.24) is 14.5 Å². The van der Waals surface area contributed by atoms with Crippen molar-refractivity contribution < 1.29 is 18.0 Å². The van der Waals surface area contributed by atoms with Crippen LogP contribution in [0.1, 0.15) is 35.4 Å². The first-order valence-corrected chi connectivity index (χ1v) is 10.6. The molecule has 7 nitrogen and oxygen atoms in total. The smallest absolute Gasteiger partial charge is 0.261 e. The molecular weight excluding hydrogens is 362 g/mol. The Morgan fingerprint density at radius 3 is 2.76 bits per heavy atom. The number of rotatable bonds is 3. The summed E-state index contributed by atoms with van der Waals surface area (Å²) in [7, 11) is -0.327. The van der Waals surface area contributed by atoms with E-state index in [1.54, 1.807) is 11.9 Å². The van der Waals surface area contributed by atoms with E-state index in [1.807, 2.05) is 0 Å². The third-order valence-electron chi connectivity index (χ3n) is 5.16. The lowest BCUT2D eigenvalue weighted by molar-refractivity contribution is -0.136. The summed E-state index contributed by atoms with van der Waals surface area (Å²) in [4.78, 5) is 25.7. The van der Waals surface area contributed by atoms with Crippen LogP contribution in [0.5, 0.6) is 0 Å². The van der Waals surface area contributed by atoms with Crippen molar-refractivity contribution in [3.63, 3.8) is 0 Å². The van der Waals surface area contributed by atoms with Gasteiger partial charge < -0.3 is 10.2 Å². The fourth-order valence-electron chi connectivity index (χ4n) is 3.78. The van der Waals surface area contributed by atoms with Crippen molar-refractivity contribution in [3.05, 3.63) is 16.3 Å². The summed E-state index contributed by atoms with van der Waals surface area (Å²) in [5.74, 6) is -0.160. The number of carbonyl (C=O) groups excluding carboxylic acids is 2. The van der Waals surface area contributed by atoms with Crippen LogP contribution in [0.25, 0.3) is 0 Å². The second kappa shape index (κ2) is 6.69. The van der Waals surface area contributed by atoms with Gasteiger partial charge in [0.25, 0.3) is 5.91 Å². The summed E-state index contributed by atoms with van der Waals surface area (Å²) in [6, 6.07) is 1.44. The molecule has 1 aromatic heterocycles. The van der Waals surface area contributed by atoms with Gasteiger partial charge in [-0.2, -0.15) is 4.31 Å². The number of likely N-dealkylation sites (tertiary alicyclic amines) is 1. The number of hydrogen-bond donors (Lipinski definition) is 1. The van der Waals surface area contributed by atoms with Crippen molar-refractivity contribution in [2.24, 2.45) is 5.41 Å². The van der Waals surface area contributed by atoms with Gasteiger partial charge >= 0.3 is 0 Å². The molecule has 1 N–H and O–H groups in total. The Balaban J connectivity index is 1.81. The van der Waals surface area contributed by atoms with Gasteiger partial charge in [0.15, 0.2) is 0 Å². The summed E-state index contributed by atoms with van der Waals surface area (Å²) >= 11 is 1.13. The van der Waals surface area contributed by atoms with Crippen molar-refractivity contribution in [1.29, 1.82) is 0 Å². The zero-order valence-corrected chi connectivity index (χ0v) is 16.1. The molecule has 0 aromatic carbocycles. The van der Waals surface area contributed by atoms with Gasteiger partial charge in [0.1, 0.15) is 0 Å². The average Bonchev–Trinajstić information content (AvgIpc) is 3.09. The van der Waals surface area contributed by atoms with Crippen LogP contribution in [0.15, 0.2) is 16.3 Å². The summed E-state index contributed by atoms with van der Waals surface area (Å²) in [5, 5.41) is 4.03. The number of hydrogen-bond acceptors (Lipinski definition) is 5. The van der Waals surface area contributed by atoms with Crippen LogP contribution in [-0.4, -0.2) is 63.2 Å².